The Labute approximate surface area is 84.4 Å². The van der Waals surface area contributed by atoms with Gasteiger partial charge in [-0.25, -0.2) is 0 Å². The van der Waals surface area contributed by atoms with Gasteiger partial charge in [0.2, 0.25) is 5.91 Å². The Balaban J connectivity index is 1.70. The molecule has 0 radical (unpaired) electrons. The fraction of sp³-hybridized carbons (Fsp3) is 0.900. The number of nitrogens with one attached hydrogen (secondary N) is 2. The average Bonchev–Trinajstić information content (AvgIpc) is 2.77. The third-order valence-electron chi connectivity index (χ3n) is 3.24. The molecule has 1 saturated carbocycles. The van der Waals surface area contributed by atoms with Crippen LogP contribution in [0.3, 0.4) is 0 Å². The molecule has 2 rings (SSSR count). The number of ether oxygens (including phenoxy) is 1. The normalized spacial score (nSPS) is 27.9. The Hall–Kier alpha value is -0.610. The second-order valence-corrected chi connectivity index (χ2v) is 4.42. The zero-order chi connectivity index (χ0) is 10.0. The second kappa shape index (κ2) is 3.87. The molecule has 1 atom stereocenters. The van der Waals surface area contributed by atoms with Gasteiger partial charge >= 0.3 is 0 Å². The largest absolute Gasteiger partial charge is 0.383 e. The van der Waals surface area contributed by atoms with Gasteiger partial charge in [-0.15, -0.1) is 0 Å². The van der Waals surface area contributed by atoms with Crippen LogP contribution in [0.5, 0.6) is 0 Å². The molecule has 4 nitrogen and oxygen atoms in total. The van der Waals surface area contributed by atoms with E-state index in [1.54, 1.807) is 7.11 Å². The summed E-state index contributed by atoms with van der Waals surface area (Å²) in [6, 6.07) is 0.0364. The van der Waals surface area contributed by atoms with Crippen LogP contribution in [0, 0.1) is 5.41 Å². The SMILES string of the molecule is COCCNC(=O)[C@@H]1CC2(CC2)CN1. The molecule has 0 aromatic carbocycles. The van der Waals surface area contributed by atoms with Crippen molar-refractivity contribution in [3.63, 3.8) is 0 Å². The maximum Gasteiger partial charge on any atom is 0.237 e. The minimum atomic E-state index is 0.0364. The number of methoxy groups -OCH3 is 1. The van der Waals surface area contributed by atoms with Crippen molar-refractivity contribution in [3.05, 3.63) is 0 Å². The van der Waals surface area contributed by atoms with Gasteiger partial charge in [0.05, 0.1) is 12.6 Å². The highest BCUT2D eigenvalue weighted by molar-refractivity contribution is 5.82. The summed E-state index contributed by atoms with van der Waals surface area (Å²) in [6.45, 7) is 2.22. The van der Waals surface area contributed by atoms with Gasteiger partial charge in [0.1, 0.15) is 0 Å². The molecule has 1 spiro atoms. The summed E-state index contributed by atoms with van der Waals surface area (Å²) in [6.07, 6.45) is 3.61. The molecular weight excluding hydrogens is 180 g/mol. The van der Waals surface area contributed by atoms with Crippen molar-refractivity contribution in [1.82, 2.24) is 10.6 Å². The summed E-state index contributed by atoms with van der Waals surface area (Å²) in [5.41, 5.74) is 0.489. The Morgan fingerprint density at radius 3 is 3.00 bits per heavy atom. The van der Waals surface area contributed by atoms with Crippen molar-refractivity contribution in [2.75, 3.05) is 26.8 Å². The molecule has 1 aliphatic carbocycles. The summed E-state index contributed by atoms with van der Waals surface area (Å²) >= 11 is 0. The third-order valence-corrected chi connectivity index (χ3v) is 3.24. The minimum absolute atomic E-state index is 0.0364. The van der Waals surface area contributed by atoms with Crippen LogP contribution in [0.1, 0.15) is 19.3 Å². The van der Waals surface area contributed by atoms with Crippen LogP contribution >= 0.6 is 0 Å². The molecule has 1 aliphatic heterocycles. The van der Waals surface area contributed by atoms with Crippen molar-refractivity contribution in [1.29, 1.82) is 0 Å². The summed E-state index contributed by atoms with van der Waals surface area (Å²) in [5, 5.41) is 6.15. The molecule has 1 heterocycles. The first-order valence-electron chi connectivity index (χ1n) is 5.26. The highest BCUT2D eigenvalue weighted by atomic mass is 16.5. The summed E-state index contributed by atoms with van der Waals surface area (Å²) in [7, 11) is 1.64. The van der Waals surface area contributed by atoms with E-state index in [9.17, 15) is 4.79 Å². The van der Waals surface area contributed by atoms with Crippen molar-refractivity contribution in [3.8, 4) is 0 Å². The highest BCUT2D eigenvalue weighted by Crippen LogP contribution is 2.51. The molecule has 1 amide bonds. The Bertz CT molecular complexity index is 226. The number of amides is 1. The van der Waals surface area contributed by atoms with E-state index in [0.717, 1.165) is 13.0 Å². The fourth-order valence-electron chi connectivity index (χ4n) is 2.06. The molecule has 14 heavy (non-hydrogen) atoms. The molecule has 2 fully saturated rings. The fourth-order valence-corrected chi connectivity index (χ4v) is 2.06. The molecule has 0 unspecified atom stereocenters. The van der Waals surface area contributed by atoms with Gasteiger partial charge in [0.15, 0.2) is 0 Å². The number of rotatable bonds is 4. The van der Waals surface area contributed by atoms with Crippen LogP contribution in [0.4, 0.5) is 0 Å². The first-order chi connectivity index (χ1) is 6.76. The molecule has 80 valence electrons. The van der Waals surface area contributed by atoms with Crippen molar-refractivity contribution < 1.29 is 9.53 Å². The van der Waals surface area contributed by atoms with Gasteiger partial charge in [-0.1, -0.05) is 0 Å². The van der Waals surface area contributed by atoms with Gasteiger partial charge < -0.3 is 15.4 Å². The van der Waals surface area contributed by atoms with Crippen LogP contribution < -0.4 is 10.6 Å². The average molecular weight is 198 g/mol. The lowest BCUT2D eigenvalue weighted by Crippen LogP contribution is -2.41. The van der Waals surface area contributed by atoms with E-state index in [0.29, 0.717) is 18.6 Å². The lowest BCUT2D eigenvalue weighted by Gasteiger charge is -2.10. The molecule has 0 aromatic rings. The Morgan fingerprint density at radius 1 is 1.64 bits per heavy atom. The Morgan fingerprint density at radius 2 is 2.43 bits per heavy atom. The Kier molecular flexibility index (Phi) is 2.74. The minimum Gasteiger partial charge on any atom is -0.383 e. The first kappa shape index (κ1) is 9.93. The summed E-state index contributed by atoms with van der Waals surface area (Å²) in [4.78, 5) is 11.6. The van der Waals surface area contributed by atoms with Crippen LogP contribution in [0.15, 0.2) is 0 Å². The molecule has 2 aliphatic rings. The standard InChI is InChI=1S/C10H18N2O2/c1-14-5-4-11-9(13)8-6-10(2-3-10)7-12-8/h8,12H,2-7H2,1H3,(H,11,13)/t8-/m0/s1. The zero-order valence-corrected chi connectivity index (χ0v) is 8.64. The van der Waals surface area contributed by atoms with Gasteiger partial charge in [-0.2, -0.15) is 0 Å². The maximum atomic E-state index is 11.6. The molecular formula is C10H18N2O2. The van der Waals surface area contributed by atoms with E-state index >= 15 is 0 Å². The monoisotopic (exact) mass is 198 g/mol. The van der Waals surface area contributed by atoms with E-state index in [1.165, 1.54) is 12.8 Å². The molecule has 2 N–H and O–H groups in total. The molecule has 1 saturated heterocycles. The topological polar surface area (TPSA) is 50.4 Å². The van der Waals surface area contributed by atoms with Crippen molar-refractivity contribution >= 4 is 5.91 Å². The van der Waals surface area contributed by atoms with Crippen LogP contribution in [-0.4, -0.2) is 38.8 Å². The molecule has 4 heteroatoms. The molecule has 0 aromatic heterocycles. The number of carbonyl (C=O) groups is 1. The van der Waals surface area contributed by atoms with E-state index in [4.69, 9.17) is 4.74 Å². The highest BCUT2D eigenvalue weighted by Gasteiger charge is 2.49. The molecule has 0 bridgehead atoms. The number of hydrogen-bond donors (Lipinski definition) is 2. The zero-order valence-electron chi connectivity index (χ0n) is 8.64. The smallest absolute Gasteiger partial charge is 0.237 e. The van der Waals surface area contributed by atoms with E-state index in [2.05, 4.69) is 10.6 Å². The lowest BCUT2D eigenvalue weighted by molar-refractivity contribution is -0.123. The van der Waals surface area contributed by atoms with Crippen molar-refractivity contribution in [2.45, 2.75) is 25.3 Å². The number of hydrogen-bond acceptors (Lipinski definition) is 3. The number of carbonyl (C=O) groups excluding carboxylic acids is 1. The van der Waals surface area contributed by atoms with Crippen LogP contribution in [0.25, 0.3) is 0 Å². The first-order valence-corrected chi connectivity index (χ1v) is 5.26. The summed E-state index contributed by atoms with van der Waals surface area (Å²) < 4.78 is 4.87. The van der Waals surface area contributed by atoms with Gasteiger partial charge in [-0.05, 0) is 24.7 Å². The predicted molar refractivity (Wildman–Crippen MR) is 53.0 cm³/mol. The van der Waals surface area contributed by atoms with E-state index in [-0.39, 0.29) is 11.9 Å². The van der Waals surface area contributed by atoms with Crippen LogP contribution in [-0.2, 0) is 9.53 Å². The second-order valence-electron chi connectivity index (χ2n) is 4.42. The van der Waals surface area contributed by atoms with Gasteiger partial charge in [-0.3, -0.25) is 4.79 Å². The third kappa shape index (κ3) is 2.07. The summed E-state index contributed by atoms with van der Waals surface area (Å²) in [5.74, 6) is 0.130. The quantitative estimate of drug-likeness (QED) is 0.620. The van der Waals surface area contributed by atoms with E-state index < -0.39 is 0 Å². The van der Waals surface area contributed by atoms with Gasteiger partial charge in [0.25, 0.3) is 0 Å². The van der Waals surface area contributed by atoms with Crippen LogP contribution in [0.2, 0.25) is 0 Å². The maximum absolute atomic E-state index is 11.6. The lowest BCUT2D eigenvalue weighted by atomic mass is 10.0. The van der Waals surface area contributed by atoms with E-state index in [1.807, 2.05) is 0 Å². The van der Waals surface area contributed by atoms with Gasteiger partial charge in [0, 0.05) is 20.2 Å². The predicted octanol–water partition coefficient (Wildman–Crippen LogP) is -0.109. The van der Waals surface area contributed by atoms with Crippen molar-refractivity contribution in [2.24, 2.45) is 5.41 Å².